The fraction of sp³-hybridized carbons (Fsp3) is 0.100. The minimum Gasteiger partial charge on any atom is -0.259 e. The van der Waals surface area contributed by atoms with Crippen molar-refractivity contribution in [1.29, 1.82) is 0 Å². The molecule has 1 aromatic carbocycles. The zero-order valence-corrected chi connectivity index (χ0v) is 7.65. The lowest BCUT2D eigenvalue weighted by molar-refractivity contribution is 1.10. The topological polar surface area (TPSA) is 45.9 Å². The van der Waals surface area contributed by atoms with Gasteiger partial charge in [0, 0.05) is 5.56 Å². The van der Waals surface area contributed by atoms with E-state index in [4.69, 9.17) is 6.57 Å². The number of nitrogens with zero attached hydrogens (tertiary/aromatic N) is 3. The number of aryl methyl sites for hydroxylation is 1. The first-order chi connectivity index (χ1) is 6.81. The summed E-state index contributed by atoms with van der Waals surface area (Å²) in [5.74, 6) is 0.690. The van der Waals surface area contributed by atoms with Gasteiger partial charge in [-0.3, -0.25) is 5.10 Å². The van der Waals surface area contributed by atoms with Crippen LogP contribution in [0.25, 0.3) is 16.2 Å². The lowest BCUT2D eigenvalue weighted by Gasteiger charge is -1.99. The standard InChI is InChI=1S/C10H8N4/c1-7-3-4-8(5-9(7)11-2)10-12-6-13-14-10/h3-6H,1H3,(H,12,13,14). The highest BCUT2D eigenvalue weighted by Crippen LogP contribution is 2.24. The van der Waals surface area contributed by atoms with Crippen LogP contribution >= 0.6 is 0 Å². The molecule has 1 N–H and O–H groups in total. The second kappa shape index (κ2) is 3.30. The molecule has 0 fully saturated rings. The predicted octanol–water partition coefficient (Wildman–Crippen LogP) is 2.33. The third kappa shape index (κ3) is 1.36. The predicted molar refractivity (Wildman–Crippen MR) is 52.8 cm³/mol. The average molecular weight is 184 g/mol. The summed E-state index contributed by atoms with van der Waals surface area (Å²) in [5, 5.41) is 6.52. The first-order valence-corrected chi connectivity index (χ1v) is 4.15. The molecule has 4 nitrogen and oxygen atoms in total. The van der Waals surface area contributed by atoms with Crippen LogP contribution < -0.4 is 0 Å². The van der Waals surface area contributed by atoms with Crippen LogP contribution in [0.3, 0.4) is 0 Å². The van der Waals surface area contributed by atoms with Crippen LogP contribution in [0.1, 0.15) is 5.56 Å². The largest absolute Gasteiger partial charge is 0.259 e. The van der Waals surface area contributed by atoms with Crippen molar-refractivity contribution < 1.29 is 0 Å². The molecule has 4 heteroatoms. The molecule has 0 saturated carbocycles. The van der Waals surface area contributed by atoms with E-state index in [9.17, 15) is 0 Å². The molecule has 14 heavy (non-hydrogen) atoms. The molecule has 0 aliphatic heterocycles. The van der Waals surface area contributed by atoms with E-state index in [-0.39, 0.29) is 0 Å². The van der Waals surface area contributed by atoms with E-state index < -0.39 is 0 Å². The molecule has 2 rings (SSSR count). The van der Waals surface area contributed by atoms with Gasteiger partial charge in [0.1, 0.15) is 6.33 Å². The molecule has 0 saturated heterocycles. The van der Waals surface area contributed by atoms with Gasteiger partial charge >= 0.3 is 0 Å². The zero-order valence-electron chi connectivity index (χ0n) is 7.65. The fourth-order valence-corrected chi connectivity index (χ4v) is 1.22. The molecule has 0 unspecified atom stereocenters. The van der Waals surface area contributed by atoms with Gasteiger partial charge in [-0.1, -0.05) is 12.1 Å². The van der Waals surface area contributed by atoms with E-state index >= 15 is 0 Å². The Morgan fingerprint density at radius 1 is 1.43 bits per heavy atom. The second-order valence-electron chi connectivity index (χ2n) is 2.95. The lowest BCUT2D eigenvalue weighted by atomic mass is 10.1. The highest BCUT2D eigenvalue weighted by molar-refractivity contribution is 5.65. The summed E-state index contributed by atoms with van der Waals surface area (Å²) in [6.45, 7) is 8.90. The monoisotopic (exact) mass is 184 g/mol. The van der Waals surface area contributed by atoms with Crippen LogP contribution in [-0.4, -0.2) is 15.2 Å². The number of hydrogen-bond donors (Lipinski definition) is 1. The van der Waals surface area contributed by atoms with Crippen LogP contribution in [0, 0.1) is 13.5 Å². The Hall–Kier alpha value is -2.15. The smallest absolute Gasteiger partial charge is 0.190 e. The summed E-state index contributed by atoms with van der Waals surface area (Å²) in [6, 6.07) is 5.64. The Kier molecular flexibility index (Phi) is 1.99. The van der Waals surface area contributed by atoms with Gasteiger partial charge in [-0.15, -0.1) is 0 Å². The van der Waals surface area contributed by atoms with Crippen LogP contribution in [-0.2, 0) is 0 Å². The first-order valence-electron chi connectivity index (χ1n) is 4.15. The van der Waals surface area contributed by atoms with Crippen molar-refractivity contribution in [2.45, 2.75) is 6.92 Å². The van der Waals surface area contributed by atoms with Crippen molar-refractivity contribution in [3.05, 3.63) is 41.5 Å². The van der Waals surface area contributed by atoms with Crippen molar-refractivity contribution in [2.75, 3.05) is 0 Å². The van der Waals surface area contributed by atoms with Crippen molar-refractivity contribution >= 4 is 5.69 Å². The summed E-state index contributed by atoms with van der Waals surface area (Å²) in [5.41, 5.74) is 2.52. The Morgan fingerprint density at radius 2 is 2.29 bits per heavy atom. The van der Waals surface area contributed by atoms with Crippen molar-refractivity contribution in [3.63, 3.8) is 0 Å². The zero-order chi connectivity index (χ0) is 9.97. The Morgan fingerprint density at radius 3 is 2.93 bits per heavy atom. The number of aromatic amines is 1. The number of rotatable bonds is 1. The normalized spacial score (nSPS) is 9.71. The molecule has 2 aromatic rings. The molecule has 0 amide bonds. The highest BCUT2D eigenvalue weighted by Gasteiger charge is 2.03. The highest BCUT2D eigenvalue weighted by atomic mass is 15.2. The van der Waals surface area contributed by atoms with E-state index in [2.05, 4.69) is 20.0 Å². The maximum Gasteiger partial charge on any atom is 0.190 e. The van der Waals surface area contributed by atoms with Gasteiger partial charge in [0.25, 0.3) is 0 Å². The first kappa shape index (κ1) is 8.45. The third-order valence-corrected chi connectivity index (χ3v) is 2.02. The average Bonchev–Trinajstić information content (AvgIpc) is 2.71. The number of nitrogens with one attached hydrogen (secondary N) is 1. The molecule has 0 atom stereocenters. The molecular formula is C10H8N4. The van der Waals surface area contributed by atoms with Crippen LogP contribution in [0.2, 0.25) is 0 Å². The quantitative estimate of drug-likeness (QED) is 0.691. The molecule has 1 heterocycles. The molecular weight excluding hydrogens is 176 g/mol. The van der Waals surface area contributed by atoms with Gasteiger partial charge in [-0.2, -0.15) is 5.10 Å². The van der Waals surface area contributed by atoms with E-state index in [1.807, 2.05) is 25.1 Å². The van der Waals surface area contributed by atoms with E-state index in [0.29, 0.717) is 11.5 Å². The van der Waals surface area contributed by atoms with E-state index in [1.54, 1.807) is 0 Å². The summed E-state index contributed by atoms with van der Waals surface area (Å²) < 4.78 is 0. The van der Waals surface area contributed by atoms with Crippen molar-refractivity contribution in [1.82, 2.24) is 15.2 Å². The molecule has 0 aliphatic carbocycles. The number of benzene rings is 1. The van der Waals surface area contributed by atoms with Gasteiger partial charge in [-0.25, -0.2) is 9.83 Å². The van der Waals surface area contributed by atoms with Crippen LogP contribution in [0.4, 0.5) is 5.69 Å². The Balaban J connectivity index is 2.53. The van der Waals surface area contributed by atoms with Crippen LogP contribution in [0.5, 0.6) is 0 Å². The van der Waals surface area contributed by atoms with Gasteiger partial charge < -0.3 is 0 Å². The number of H-pyrrole nitrogens is 1. The summed E-state index contributed by atoms with van der Waals surface area (Å²) in [4.78, 5) is 7.45. The van der Waals surface area contributed by atoms with E-state index in [0.717, 1.165) is 11.1 Å². The van der Waals surface area contributed by atoms with E-state index in [1.165, 1.54) is 6.33 Å². The Labute approximate surface area is 81.4 Å². The SMILES string of the molecule is [C-]#[N+]c1cc(-c2ncn[nH]2)ccc1C. The molecule has 1 aromatic heterocycles. The summed E-state index contributed by atoms with van der Waals surface area (Å²) in [6.07, 6.45) is 1.45. The van der Waals surface area contributed by atoms with Gasteiger partial charge in [0.2, 0.25) is 0 Å². The minimum absolute atomic E-state index is 0.652. The van der Waals surface area contributed by atoms with Gasteiger partial charge in [-0.05, 0) is 18.6 Å². The maximum atomic E-state index is 6.99. The molecule has 68 valence electrons. The minimum atomic E-state index is 0.652. The number of aromatic nitrogens is 3. The summed E-state index contributed by atoms with van der Waals surface area (Å²) >= 11 is 0. The summed E-state index contributed by atoms with van der Waals surface area (Å²) in [7, 11) is 0. The third-order valence-electron chi connectivity index (χ3n) is 2.02. The molecule has 0 aliphatic rings. The molecule has 0 radical (unpaired) electrons. The fourth-order valence-electron chi connectivity index (χ4n) is 1.22. The van der Waals surface area contributed by atoms with Crippen molar-refractivity contribution in [2.24, 2.45) is 0 Å². The van der Waals surface area contributed by atoms with Gasteiger partial charge in [0.05, 0.1) is 6.57 Å². The van der Waals surface area contributed by atoms with Crippen molar-refractivity contribution in [3.8, 4) is 11.4 Å². The Bertz CT molecular complexity index is 479. The maximum absolute atomic E-state index is 6.99. The lowest BCUT2D eigenvalue weighted by Crippen LogP contribution is -1.81. The second-order valence-corrected chi connectivity index (χ2v) is 2.95. The number of hydrogen-bond acceptors (Lipinski definition) is 2. The molecule has 0 spiro atoms. The molecule has 0 bridgehead atoms. The van der Waals surface area contributed by atoms with Crippen LogP contribution in [0.15, 0.2) is 24.5 Å². The van der Waals surface area contributed by atoms with Gasteiger partial charge in [0.15, 0.2) is 11.5 Å².